The molecular weight excluding hydrogens is 188 g/mol. The molecule has 4 nitrogen and oxygen atoms in total. The van der Waals surface area contributed by atoms with Gasteiger partial charge in [0, 0.05) is 11.5 Å². The topological polar surface area (TPSA) is 52.0 Å². The van der Waals surface area contributed by atoms with E-state index in [2.05, 4.69) is 27.1 Å². The monoisotopic (exact) mass is 202 g/mol. The van der Waals surface area contributed by atoms with E-state index < -0.39 is 0 Å². The van der Waals surface area contributed by atoms with E-state index in [0.717, 1.165) is 25.9 Å². The third-order valence-electron chi connectivity index (χ3n) is 2.74. The Kier molecular flexibility index (Phi) is 3.22. The van der Waals surface area contributed by atoms with Gasteiger partial charge in [0.25, 0.3) is 0 Å². The normalized spacial score (nSPS) is 21.2. The van der Waals surface area contributed by atoms with Crippen LogP contribution in [0.2, 0.25) is 0 Å². The third kappa shape index (κ3) is 2.49. The average molecular weight is 202 g/mol. The summed E-state index contributed by atoms with van der Waals surface area (Å²) in [4.78, 5) is 5.12. The highest BCUT2D eigenvalue weighted by atomic mass is 15.3. The van der Waals surface area contributed by atoms with Gasteiger partial charge in [-0.15, -0.1) is 0 Å². The lowest BCUT2D eigenvalue weighted by Gasteiger charge is -2.20. The molecule has 2 rings (SSSR count). The van der Waals surface area contributed by atoms with Crippen LogP contribution in [-0.2, 0) is 6.54 Å². The minimum absolute atomic E-state index is 0.0511. The molecule has 0 aliphatic carbocycles. The minimum atomic E-state index is 0.0511. The number of benzene rings is 1. The van der Waals surface area contributed by atoms with Gasteiger partial charge in [-0.25, -0.2) is 0 Å². The molecule has 1 unspecified atom stereocenters. The lowest BCUT2D eigenvalue weighted by atomic mass is 10.2. The van der Waals surface area contributed by atoms with E-state index in [1.54, 1.807) is 0 Å². The number of hydrogen-bond donors (Lipinski definition) is 0. The zero-order chi connectivity index (χ0) is 10.5. The van der Waals surface area contributed by atoms with Crippen molar-refractivity contribution in [1.82, 2.24) is 4.90 Å². The molecule has 1 saturated heterocycles. The van der Waals surface area contributed by atoms with Gasteiger partial charge in [0.15, 0.2) is 0 Å². The molecule has 1 atom stereocenters. The summed E-state index contributed by atoms with van der Waals surface area (Å²) < 4.78 is 0. The van der Waals surface area contributed by atoms with Gasteiger partial charge in [0.1, 0.15) is 0 Å². The van der Waals surface area contributed by atoms with Crippen molar-refractivity contribution in [3.05, 3.63) is 46.3 Å². The van der Waals surface area contributed by atoms with Crippen molar-refractivity contribution in [3.8, 4) is 0 Å². The molecule has 0 aromatic heterocycles. The first-order chi connectivity index (χ1) is 7.40. The van der Waals surface area contributed by atoms with Crippen LogP contribution in [0.25, 0.3) is 10.4 Å². The van der Waals surface area contributed by atoms with E-state index in [9.17, 15) is 0 Å². The number of hydrogen-bond acceptors (Lipinski definition) is 2. The summed E-state index contributed by atoms with van der Waals surface area (Å²) in [7, 11) is 0. The molecule has 1 aliphatic heterocycles. The molecule has 1 aromatic rings. The second-order valence-electron chi connectivity index (χ2n) is 3.78. The molecular formula is C11H14N4. The summed E-state index contributed by atoms with van der Waals surface area (Å²) in [6.45, 7) is 1.91. The highest BCUT2D eigenvalue weighted by Crippen LogP contribution is 2.20. The van der Waals surface area contributed by atoms with Crippen LogP contribution in [0.4, 0.5) is 0 Å². The lowest BCUT2D eigenvalue weighted by Crippen LogP contribution is -2.26. The maximum atomic E-state index is 8.44. The highest BCUT2D eigenvalue weighted by Gasteiger charge is 2.22. The Balaban J connectivity index is 2.02. The van der Waals surface area contributed by atoms with Gasteiger partial charge in [0.05, 0.1) is 6.17 Å². The van der Waals surface area contributed by atoms with Crippen molar-refractivity contribution < 1.29 is 0 Å². The first kappa shape index (κ1) is 10.0. The summed E-state index contributed by atoms with van der Waals surface area (Å²) in [6, 6.07) is 10.3. The Hall–Kier alpha value is -1.51. The summed E-state index contributed by atoms with van der Waals surface area (Å²) in [6.07, 6.45) is 2.16. The maximum Gasteiger partial charge on any atom is 0.0890 e. The molecule has 0 bridgehead atoms. The van der Waals surface area contributed by atoms with Gasteiger partial charge in [-0.1, -0.05) is 35.4 Å². The molecule has 1 aromatic carbocycles. The molecule has 1 aliphatic rings. The molecule has 78 valence electrons. The molecule has 15 heavy (non-hydrogen) atoms. The van der Waals surface area contributed by atoms with E-state index in [1.165, 1.54) is 5.56 Å². The molecule has 1 fully saturated rings. The molecule has 0 amide bonds. The molecule has 0 saturated carbocycles. The fraction of sp³-hybridized carbons (Fsp3) is 0.455. The Morgan fingerprint density at radius 1 is 1.40 bits per heavy atom. The lowest BCUT2D eigenvalue weighted by molar-refractivity contribution is 0.250. The molecule has 1 heterocycles. The van der Waals surface area contributed by atoms with Gasteiger partial charge >= 0.3 is 0 Å². The number of rotatable bonds is 3. The van der Waals surface area contributed by atoms with Crippen molar-refractivity contribution in [2.24, 2.45) is 5.11 Å². The van der Waals surface area contributed by atoms with Crippen LogP contribution in [0.5, 0.6) is 0 Å². The van der Waals surface area contributed by atoms with Crippen molar-refractivity contribution in [2.45, 2.75) is 25.6 Å². The summed E-state index contributed by atoms with van der Waals surface area (Å²) in [5.74, 6) is 0. The van der Waals surface area contributed by atoms with Gasteiger partial charge < -0.3 is 0 Å². The Bertz CT molecular complexity index is 356. The van der Waals surface area contributed by atoms with Crippen LogP contribution in [0.3, 0.4) is 0 Å². The van der Waals surface area contributed by atoms with Gasteiger partial charge in [-0.05, 0) is 30.5 Å². The van der Waals surface area contributed by atoms with E-state index in [0.29, 0.717) is 0 Å². The van der Waals surface area contributed by atoms with Gasteiger partial charge in [-0.2, -0.15) is 0 Å². The second-order valence-corrected chi connectivity index (χ2v) is 3.78. The number of nitrogens with zero attached hydrogens (tertiary/aromatic N) is 4. The molecule has 0 N–H and O–H groups in total. The van der Waals surface area contributed by atoms with Crippen LogP contribution in [0.15, 0.2) is 35.4 Å². The fourth-order valence-electron chi connectivity index (χ4n) is 2.00. The molecule has 0 spiro atoms. The zero-order valence-corrected chi connectivity index (χ0v) is 8.58. The predicted octanol–water partition coefficient (Wildman–Crippen LogP) is 2.92. The SMILES string of the molecule is [N-]=[N+]=NC1CCCN1Cc1ccccc1. The number of likely N-dealkylation sites (tertiary alicyclic amines) is 1. The first-order valence-electron chi connectivity index (χ1n) is 5.22. The second kappa shape index (κ2) is 4.82. The van der Waals surface area contributed by atoms with E-state index in [1.807, 2.05) is 18.2 Å². The molecule has 0 radical (unpaired) electrons. The van der Waals surface area contributed by atoms with Crippen LogP contribution in [-0.4, -0.2) is 17.6 Å². The van der Waals surface area contributed by atoms with E-state index in [4.69, 9.17) is 5.53 Å². The van der Waals surface area contributed by atoms with Gasteiger partial charge in [-0.3, -0.25) is 4.90 Å². The first-order valence-corrected chi connectivity index (χ1v) is 5.22. The van der Waals surface area contributed by atoms with Crippen molar-refractivity contribution in [1.29, 1.82) is 0 Å². The predicted molar refractivity (Wildman–Crippen MR) is 59.0 cm³/mol. The Labute approximate surface area is 89.1 Å². The average Bonchev–Trinajstić information content (AvgIpc) is 2.68. The standard InChI is InChI=1S/C11H14N4/c12-14-13-11-7-4-8-15(11)9-10-5-2-1-3-6-10/h1-3,5-6,11H,4,7-9H2. The highest BCUT2D eigenvalue weighted by molar-refractivity contribution is 5.14. The van der Waals surface area contributed by atoms with E-state index in [-0.39, 0.29) is 6.17 Å². The third-order valence-corrected chi connectivity index (χ3v) is 2.74. The summed E-state index contributed by atoms with van der Waals surface area (Å²) in [5, 5.41) is 3.81. The Morgan fingerprint density at radius 3 is 2.93 bits per heavy atom. The number of azide groups is 1. The van der Waals surface area contributed by atoms with Crippen molar-refractivity contribution in [2.75, 3.05) is 6.54 Å². The maximum absolute atomic E-state index is 8.44. The van der Waals surface area contributed by atoms with Crippen LogP contribution in [0.1, 0.15) is 18.4 Å². The fourth-order valence-corrected chi connectivity index (χ4v) is 2.00. The van der Waals surface area contributed by atoms with E-state index >= 15 is 0 Å². The summed E-state index contributed by atoms with van der Waals surface area (Å²) in [5.41, 5.74) is 9.72. The Morgan fingerprint density at radius 2 is 2.20 bits per heavy atom. The zero-order valence-electron chi connectivity index (χ0n) is 8.58. The van der Waals surface area contributed by atoms with Crippen molar-refractivity contribution >= 4 is 0 Å². The van der Waals surface area contributed by atoms with Crippen LogP contribution in [0, 0.1) is 0 Å². The quantitative estimate of drug-likeness (QED) is 0.422. The van der Waals surface area contributed by atoms with Crippen LogP contribution < -0.4 is 0 Å². The summed E-state index contributed by atoms with van der Waals surface area (Å²) >= 11 is 0. The molecule has 4 heteroatoms. The smallest absolute Gasteiger partial charge is 0.0890 e. The largest absolute Gasteiger partial charge is 0.291 e. The van der Waals surface area contributed by atoms with Crippen LogP contribution >= 0.6 is 0 Å². The van der Waals surface area contributed by atoms with Crippen molar-refractivity contribution in [3.63, 3.8) is 0 Å². The minimum Gasteiger partial charge on any atom is -0.291 e. The van der Waals surface area contributed by atoms with Gasteiger partial charge in [0.2, 0.25) is 0 Å².